The van der Waals surface area contributed by atoms with Crippen LogP contribution in [0.4, 0.5) is 0 Å². The second-order valence-corrected chi connectivity index (χ2v) is 4.58. The highest BCUT2D eigenvalue weighted by atomic mass is 35.5. The maximum Gasteiger partial charge on any atom is 0.343 e. The molecule has 0 radical (unpaired) electrons. The minimum Gasteiger partial charge on any atom is -0.423 e. The molecule has 0 unspecified atom stereocenters. The van der Waals surface area contributed by atoms with E-state index in [4.69, 9.17) is 16.3 Å². The number of benzene rings is 2. The van der Waals surface area contributed by atoms with Crippen molar-refractivity contribution in [1.29, 1.82) is 0 Å². The maximum atomic E-state index is 11.9. The third kappa shape index (κ3) is 2.90. The van der Waals surface area contributed by atoms with Crippen molar-refractivity contribution in [3.63, 3.8) is 0 Å². The van der Waals surface area contributed by atoms with Crippen LogP contribution in [0.3, 0.4) is 0 Å². The first kappa shape index (κ1) is 12.7. The lowest BCUT2D eigenvalue weighted by Crippen LogP contribution is -2.08. The molecule has 0 saturated heterocycles. The lowest BCUT2D eigenvalue weighted by Gasteiger charge is -2.06. The molecular formula is C15H13ClO2. The predicted octanol–water partition coefficient (Wildman–Crippen LogP) is 4.18. The van der Waals surface area contributed by atoms with Gasteiger partial charge in [0.25, 0.3) is 0 Å². The molecule has 0 atom stereocenters. The van der Waals surface area contributed by atoms with Gasteiger partial charge in [-0.25, -0.2) is 4.79 Å². The molecule has 2 nitrogen and oxygen atoms in total. The summed E-state index contributed by atoms with van der Waals surface area (Å²) >= 11 is 5.98. The number of esters is 1. The summed E-state index contributed by atoms with van der Waals surface area (Å²) < 4.78 is 5.27. The van der Waals surface area contributed by atoms with Crippen molar-refractivity contribution in [2.75, 3.05) is 0 Å². The molecule has 0 bridgehead atoms. The normalized spacial score (nSPS) is 10.2. The third-order valence-corrected chi connectivity index (χ3v) is 3.01. The molecule has 2 aromatic rings. The Morgan fingerprint density at radius 3 is 2.56 bits per heavy atom. The van der Waals surface area contributed by atoms with Gasteiger partial charge in [0.2, 0.25) is 0 Å². The van der Waals surface area contributed by atoms with E-state index in [0.29, 0.717) is 16.3 Å². The zero-order valence-electron chi connectivity index (χ0n) is 10.2. The SMILES string of the molecule is Cc1cccc(C(=O)Oc2ccc(C)c(Cl)c2)c1. The van der Waals surface area contributed by atoms with Crippen LogP contribution in [0.15, 0.2) is 42.5 Å². The van der Waals surface area contributed by atoms with Gasteiger partial charge < -0.3 is 4.74 Å². The number of aryl methyl sites for hydroxylation is 2. The van der Waals surface area contributed by atoms with Crippen molar-refractivity contribution < 1.29 is 9.53 Å². The van der Waals surface area contributed by atoms with E-state index in [1.54, 1.807) is 24.3 Å². The minimum atomic E-state index is -0.376. The second kappa shape index (κ2) is 5.23. The predicted molar refractivity (Wildman–Crippen MR) is 72.3 cm³/mol. The molecule has 0 spiro atoms. The summed E-state index contributed by atoms with van der Waals surface area (Å²) in [5.74, 6) is 0.0794. The Balaban J connectivity index is 2.18. The van der Waals surface area contributed by atoms with Crippen molar-refractivity contribution in [1.82, 2.24) is 0 Å². The van der Waals surface area contributed by atoms with Gasteiger partial charge in [-0.15, -0.1) is 0 Å². The van der Waals surface area contributed by atoms with E-state index in [-0.39, 0.29) is 5.97 Å². The molecule has 0 aliphatic rings. The summed E-state index contributed by atoms with van der Waals surface area (Å²) in [6, 6.07) is 12.5. The van der Waals surface area contributed by atoms with E-state index in [1.807, 2.05) is 32.0 Å². The first-order valence-corrected chi connectivity index (χ1v) is 5.99. The molecule has 0 amide bonds. The van der Waals surface area contributed by atoms with Gasteiger partial charge in [0.05, 0.1) is 5.56 Å². The second-order valence-electron chi connectivity index (χ2n) is 4.17. The largest absolute Gasteiger partial charge is 0.423 e. The summed E-state index contributed by atoms with van der Waals surface area (Å²) in [5, 5.41) is 0.588. The van der Waals surface area contributed by atoms with Crippen LogP contribution in [0.1, 0.15) is 21.5 Å². The Morgan fingerprint density at radius 2 is 1.89 bits per heavy atom. The molecule has 92 valence electrons. The Bertz CT molecular complexity index is 591. The van der Waals surface area contributed by atoms with Crippen molar-refractivity contribution in [3.05, 3.63) is 64.2 Å². The number of ether oxygens (including phenoxy) is 1. The summed E-state index contributed by atoms with van der Waals surface area (Å²) in [6.07, 6.45) is 0. The molecule has 0 saturated carbocycles. The monoisotopic (exact) mass is 260 g/mol. The van der Waals surface area contributed by atoms with Crippen LogP contribution in [-0.2, 0) is 0 Å². The van der Waals surface area contributed by atoms with Gasteiger partial charge in [-0.1, -0.05) is 35.4 Å². The van der Waals surface area contributed by atoms with Gasteiger partial charge in [-0.3, -0.25) is 0 Å². The standard InChI is InChI=1S/C15H13ClO2/c1-10-4-3-5-12(8-10)15(17)18-13-7-6-11(2)14(16)9-13/h3-9H,1-2H3. The van der Waals surface area contributed by atoms with Gasteiger partial charge >= 0.3 is 5.97 Å². The Hall–Kier alpha value is -1.80. The van der Waals surface area contributed by atoms with Gasteiger partial charge in [0.15, 0.2) is 0 Å². The molecule has 2 aromatic carbocycles. The molecule has 0 N–H and O–H groups in total. The van der Waals surface area contributed by atoms with Crippen molar-refractivity contribution in [2.24, 2.45) is 0 Å². The van der Waals surface area contributed by atoms with Crippen molar-refractivity contribution in [2.45, 2.75) is 13.8 Å². The maximum absolute atomic E-state index is 11.9. The van der Waals surface area contributed by atoms with Crippen molar-refractivity contribution in [3.8, 4) is 5.75 Å². The van der Waals surface area contributed by atoms with Gasteiger partial charge in [-0.05, 0) is 43.7 Å². The fraction of sp³-hybridized carbons (Fsp3) is 0.133. The lowest BCUT2D eigenvalue weighted by atomic mass is 10.1. The van der Waals surface area contributed by atoms with Crippen LogP contribution in [0, 0.1) is 13.8 Å². The Labute approximate surface area is 111 Å². The molecule has 0 aliphatic heterocycles. The van der Waals surface area contributed by atoms with E-state index >= 15 is 0 Å². The van der Waals surface area contributed by atoms with E-state index in [2.05, 4.69) is 0 Å². The van der Waals surface area contributed by atoms with E-state index in [1.165, 1.54) is 0 Å². The molecule has 18 heavy (non-hydrogen) atoms. The molecule has 3 heteroatoms. The fourth-order valence-electron chi connectivity index (χ4n) is 1.58. The average Bonchev–Trinajstić information content (AvgIpc) is 2.34. The van der Waals surface area contributed by atoms with E-state index in [9.17, 15) is 4.79 Å². The van der Waals surface area contributed by atoms with Crippen LogP contribution in [0.25, 0.3) is 0 Å². The van der Waals surface area contributed by atoms with Crippen LogP contribution in [0.2, 0.25) is 5.02 Å². The van der Waals surface area contributed by atoms with Gasteiger partial charge in [-0.2, -0.15) is 0 Å². The van der Waals surface area contributed by atoms with Crippen LogP contribution in [-0.4, -0.2) is 5.97 Å². The number of hydrogen-bond donors (Lipinski definition) is 0. The molecular weight excluding hydrogens is 248 g/mol. The zero-order valence-corrected chi connectivity index (χ0v) is 11.0. The first-order valence-electron chi connectivity index (χ1n) is 5.61. The molecule has 0 fully saturated rings. The quantitative estimate of drug-likeness (QED) is 0.598. The molecule has 0 aliphatic carbocycles. The zero-order chi connectivity index (χ0) is 13.1. The highest BCUT2D eigenvalue weighted by Gasteiger charge is 2.09. The van der Waals surface area contributed by atoms with Gasteiger partial charge in [0.1, 0.15) is 5.75 Å². The number of hydrogen-bond acceptors (Lipinski definition) is 2. The number of carbonyl (C=O) groups excluding carboxylic acids is 1. The average molecular weight is 261 g/mol. The summed E-state index contributed by atoms with van der Waals surface area (Å²) in [7, 11) is 0. The highest BCUT2D eigenvalue weighted by Crippen LogP contribution is 2.22. The summed E-state index contributed by atoms with van der Waals surface area (Å²) in [5.41, 5.74) is 2.50. The van der Waals surface area contributed by atoms with Crippen LogP contribution < -0.4 is 4.74 Å². The van der Waals surface area contributed by atoms with E-state index < -0.39 is 0 Å². The minimum absolute atomic E-state index is 0.376. The number of carbonyl (C=O) groups is 1. The number of halogens is 1. The Kier molecular flexibility index (Phi) is 3.68. The smallest absolute Gasteiger partial charge is 0.343 e. The first-order chi connectivity index (χ1) is 8.56. The Morgan fingerprint density at radius 1 is 1.11 bits per heavy atom. The summed E-state index contributed by atoms with van der Waals surface area (Å²) in [6.45, 7) is 3.83. The van der Waals surface area contributed by atoms with Crippen molar-refractivity contribution >= 4 is 17.6 Å². The van der Waals surface area contributed by atoms with Crippen LogP contribution in [0.5, 0.6) is 5.75 Å². The van der Waals surface area contributed by atoms with Gasteiger partial charge in [0, 0.05) is 5.02 Å². The third-order valence-electron chi connectivity index (χ3n) is 2.61. The number of rotatable bonds is 2. The molecule has 2 rings (SSSR count). The summed E-state index contributed by atoms with van der Waals surface area (Å²) in [4.78, 5) is 11.9. The highest BCUT2D eigenvalue weighted by molar-refractivity contribution is 6.31. The fourth-order valence-corrected chi connectivity index (χ4v) is 1.75. The lowest BCUT2D eigenvalue weighted by molar-refractivity contribution is 0.0734. The molecule has 0 aromatic heterocycles. The van der Waals surface area contributed by atoms with Crippen LogP contribution >= 0.6 is 11.6 Å². The molecule has 0 heterocycles. The van der Waals surface area contributed by atoms with E-state index in [0.717, 1.165) is 11.1 Å². The topological polar surface area (TPSA) is 26.3 Å².